The van der Waals surface area contributed by atoms with Crippen LogP contribution in [0.3, 0.4) is 0 Å². The van der Waals surface area contributed by atoms with Crippen LogP contribution in [0, 0.1) is 11.8 Å². The number of rotatable bonds is 5. The average Bonchev–Trinajstić information content (AvgIpc) is 2.65. The number of hydrogen-bond donors (Lipinski definition) is 1. The van der Waals surface area contributed by atoms with E-state index in [1.54, 1.807) is 30.3 Å². The number of carbonyl (C=O) groups excluding carboxylic acids is 1. The summed E-state index contributed by atoms with van der Waals surface area (Å²) in [5.74, 6) is 0.322. The van der Waals surface area contributed by atoms with E-state index in [4.69, 9.17) is 11.6 Å². The zero-order valence-corrected chi connectivity index (χ0v) is 17.6. The second kappa shape index (κ2) is 8.64. The molecule has 2 aromatic rings. The average molecular weight is 421 g/mol. The molecule has 1 N–H and O–H groups in total. The summed E-state index contributed by atoms with van der Waals surface area (Å²) in [4.78, 5) is 12.7. The van der Waals surface area contributed by atoms with Crippen molar-refractivity contribution >= 4 is 27.5 Å². The van der Waals surface area contributed by atoms with Gasteiger partial charge in [-0.1, -0.05) is 43.6 Å². The van der Waals surface area contributed by atoms with Crippen molar-refractivity contribution in [1.82, 2.24) is 9.62 Å². The zero-order chi connectivity index (χ0) is 20.3. The number of carbonyl (C=O) groups is 1. The van der Waals surface area contributed by atoms with Crippen LogP contribution in [0.2, 0.25) is 5.02 Å². The van der Waals surface area contributed by atoms with E-state index >= 15 is 0 Å². The highest BCUT2D eigenvalue weighted by atomic mass is 35.5. The van der Waals surface area contributed by atoms with Crippen LogP contribution in [0.4, 0.5) is 0 Å². The number of amides is 1. The smallest absolute Gasteiger partial charge is 0.251 e. The number of halogens is 1. The van der Waals surface area contributed by atoms with Crippen LogP contribution in [0.25, 0.3) is 0 Å². The zero-order valence-electron chi connectivity index (χ0n) is 16.1. The van der Waals surface area contributed by atoms with Gasteiger partial charge in [0.2, 0.25) is 10.0 Å². The summed E-state index contributed by atoms with van der Waals surface area (Å²) in [5.41, 5.74) is 1.20. The molecular weight excluding hydrogens is 396 g/mol. The van der Waals surface area contributed by atoms with Gasteiger partial charge in [-0.25, -0.2) is 8.42 Å². The van der Waals surface area contributed by atoms with Crippen molar-refractivity contribution in [3.8, 4) is 0 Å². The van der Waals surface area contributed by atoms with Crippen molar-refractivity contribution in [2.75, 3.05) is 13.1 Å². The molecule has 5 nitrogen and oxygen atoms in total. The van der Waals surface area contributed by atoms with Crippen LogP contribution >= 0.6 is 11.6 Å². The van der Waals surface area contributed by atoms with E-state index in [0.29, 0.717) is 42.1 Å². The van der Waals surface area contributed by atoms with Crippen LogP contribution < -0.4 is 5.32 Å². The molecule has 1 amide bonds. The Balaban J connectivity index is 1.74. The van der Waals surface area contributed by atoms with Gasteiger partial charge in [-0.05, 0) is 54.2 Å². The minimum absolute atomic E-state index is 0.157. The van der Waals surface area contributed by atoms with E-state index in [0.717, 1.165) is 12.0 Å². The van der Waals surface area contributed by atoms with Crippen molar-refractivity contribution in [2.24, 2.45) is 11.8 Å². The Bertz CT molecular complexity index is 952. The van der Waals surface area contributed by atoms with Gasteiger partial charge < -0.3 is 5.32 Å². The molecular formula is C21H25ClN2O3S. The van der Waals surface area contributed by atoms with E-state index in [2.05, 4.69) is 19.2 Å². The number of nitrogens with zero attached hydrogens (tertiary/aromatic N) is 1. The van der Waals surface area contributed by atoms with Gasteiger partial charge in [0.15, 0.2) is 0 Å². The molecule has 0 spiro atoms. The summed E-state index contributed by atoms with van der Waals surface area (Å²) in [6, 6.07) is 13.5. The molecule has 150 valence electrons. The van der Waals surface area contributed by atoms with Crippen molar-refractivity contribution in [2.45, 2.75) is 31.7 Å². The number of hydrogen-bond acceptors (Lipinski definition) is 3. The summed E-state index contributed by atoms with van der Waals surface area (Å²) >= 11 is 5.96. The first kappa shape index (κ1) is 20.8. The number of sulfonamides is 1. The minimum Gasteiger partial charge on any atom is -0.348 e. The third-order valence-electron chi connectivity index (χ3n) is 4.91. The Hall–Kier alpha value is -1.89. The fourth-order valence-corrected chi connectivity index (χ4v) is 5.62. The topological polar surface area (TPSA) is 66.5 Å². The molecule has 0 saturated carbocycles. The van der Waals surface area contributed by atoms with Gasteiger partial charge in [-0.15, -0.1) is 0 Å². The lowest BCUT2D eigenvalue weighted by atomic mass is 9.94. The van der Waals surface area contributed by atoms with Crippen molar-refractivity contribution in [1.29, 1.82) is 0 Å². The van der Waals surface area contributed by atoms with E-state index in [1.807, 2.05) is 12.1 Å². The molecule has 1 heterocycles. The summed E-state index contributed by atoms with van der Waals surface area (Å²) in [5, 5.41) is 3.41. The lowest BCUT2D eigenvalue weighted by Gasteiger charge is -2.34. The maximum Gasteiger partial charge on any atom is 0.251 e. The quantitative estimate of drug-likeness (QED) is 0.796. The monoisotopic (exact) mass is 420 g/mol. The van der Waals surface area contributed by atoms with E-state index in [1.165, 1.54) is 10.4 Å². The van der Waals surface area contributed by atoms with Gasteiger partial charge in [0.1, 0.15) is 0 Å². The molecule has 28 heavy (non-hydrogen) atoms. The first-order valence-corrected chi connectivity index (χ1v) is 11.2. The second-order valence-corrected chi connectivity index (χ2v) is 9.98. The molecule has 1 aliphatic heterocycles. The highest BCUT2D eigenvalue weighted by Gasteiger charge is 2.31. The molecule has 0 radical (unpaired) electrons. The largest absolute Gasteiger partial charge is 0.348 e. The normalized spacial score (nSPS) is 20.7. The van der Waals surface area contributed by atoms with Crippen molar-refractivity contribution in [3.63, 3.8) is 0 Å². The Morgan fingerprint density at radius 2 is 1.79 bits per heavy atom. The molecule has 0 aliphatic carbocycles. The fourth-order valence-electron chi connectivity index (χ4n) is 3.68. The Morgan fingerprint density at radius 1 is 1.11 bits per heavy atom. The van der Waals surface area contributed by atoms with Crippen LogP contribution in [0.5, 0.6) is 0 Å². The van der Waals surface area contributed by atoms with Gasteiger partial charge in [0.25, 0.3) is 5.91 Å². The highest BCUT2D eigenvalue weighted by molar-refractivity contribution is 7.89. The number of nitrogens with one attached hydrogen (secondary N) is 1. The van der Waals surface area contributed by atoms with E-state index < -0.39 is 10.0 Å². The molecule has 2 unspecified atom stereocenters. The van der Waals surface area contributed by atoms with Gasteiger partial charge in [0, 0.05) is 30.2 Å². The molecule has 2 atom stereocenters. The number of piperidine rings is 1. The Morgan fingerprint density at radius 3 is 2.46 bits per heavy atom. The first-order chi connectivity index (χ1) is 13.3. The standard InChI is InChI=1S/C21H25ClN2O3S/c1-15-9-16(2)14-24(13-15)28(26,27)20-8-4-6-18(11-20)21(25)23-12-17-5-3-7-19(22)10-17/h3-8,10-11,15-16H,9,12-14H2,1-2H3,(H,23,25). The Kier molecular flexibility index (Phi) is 6.43. The lowest BCUT2D eigenvalue weighted by Crippen LogP contribution is -2.42. The molecule has 2 aromatic carbocycles. The first-order valence-electron chi connectivity index (χ1n) is 9.38. The van der Waals surface area contributed by atoms with E-state index in [9.17, 15) is 13.2 Å². The van der Waals surface area contributed by atoms with Gasteiger partial charge >= 0.3 is 0 Å². The third kappa shape index (κ3) is 4.93. The van der Waals surface area contributed by atoms with Crippen LogP contribution in [-0.4, -0.2) is 31.7 Å². The summed E-state index contributed by atoms with van der Waals surface area (Å²) in [7, 11) is -3.62. The van der Waals surface area contributed by atoms with Gasteiger partial charge in [-0.2, -0.15) is 4.31 Å². The SMILES string of the molecule is CC1CC(C)CN(S(=O)(=O)c2cccc(C(=O)NCc3cccc(Cl)c3)c2)C1. The van der Waals surface area contributed by atoms with Crippen molar-refractivity contribution in [3.05, 3.63) is 64.7 Å². The molecule has 7 heteroatoms. The molecule has 0 aromatic heterocycles. The maximum absolute atomic E-state index is 13.0. The van der Waals surface area contributed by atoms with Crippen molar-refractivity contribution < 1.29 is 13.2 Å². The van der Waals surface area contributed by atoms with E-state index in [-0.39, 0.29) is 10.8 Å². The van der Waals surface area contributed by atoms with Crippen LogP contribution in [-0.2, 0) is 16.6 Å². The molecule has 1 aliphatic rings. The predicted octanol–water partition coefficient (Wildman–Crippen LogP) is 3.94. The predicted molar refractivity (Wildman–Crippen MR) is 111 cm³/mol. The second-order valence-electron chi connectivity index (χ2n) is 7.61. The molecule has 1 fully saturated rings. The highest BCUT2D eigenvalue weighted by Crippen LogP contribution is 2.27. The third-order valence-corrected chi connectivity index (χ3v) is 6.97. The fraction of sp³-hybridized carbons (Fsp3) is 0.381. The lowest BCUT2D eigenvalue weighted by molar-refractivity contribution is 0.0950. The Labute approximate surface area is 171 Å². The summed E-state index contributed by atoms with van der Waals surface area (Å²) in [6.45, 7) is 5.48. The molecule has 1 saturated heterocycles. The van der Waals surface area contributed by atoms with Gasteiger partial charge in [-0.3, -0.25) is 4.79 Å². The van der Waals surface area contributed by atoms with Crippen LogP contribution in [0.15, 0.2) is 53.4 Å². The summed E-state index contributed by atoms with van der Waals surface area (Å²) in [6.07, 6.45) is 1.03. The minimum atomic E-state index is -3.62. The van der Waals surface area contributed by atoms with Gasteiger partial charge in [0.05, 0.1) is 4.90 Å². The van der Waals surface area contributed by atoms with Crippen LogP contribution in [0.1, 0.15) is 36.2 Å². The molecule has 0 bridgehead atoms. The number of benzene rings is 2. The maximum atomic E-state index is 13.0. The summed E-state index contributed by atoms with van der Waals surface area (Å²) < 4.78 is 27.6. The molecule has 3 rings (SSSR count).